The van der Waals surface area contributed by atoms with E-state index in [9.17, 15) is 34.8 Å². The summed E-state index contributed by atoms with van der Waals surface area (Å²) in [4.78, 5) is 39.9. The third-order valence-corrected chi connectivity index (χ3v) is 6.97. The van der Waals surface area contributed by atoms with Crippen LogP contribution in [0.2, 0.25) is 0 Å². The maximum atomic E-state index is 13.3. The van der Waals surface area contributed by atoms with Crippen molar-refractivity contribution in [2.45, 2.75) is 30.9 Å². The van der Waals surface area contributed by atoms with Crippen LogP contribution in [0.15, 0.2) is 40.9 Å². The molecule has 0 saturated carbocycles. The summed E-state index contributed by atoms with van der Waals surface area (Å²) in [5, 5.41) is 43.6. The van der Waals surface area contributed by atoms with Gasteiger partial charge in [0.2, 0.25) is 5.78 Å². The highest BCUT2D eigenvalue weighted by Crippen LogP contribution is 2.55. The molecule has 4 rings (SSSR count). The topological polar surface area (TPSA) is 161 Å². The Hall–Kier alpha value is -3.17. The van der Waals surface area contributed by atoms with Gasteiger partial charge in [-0.3, -0.25) is 19.3 Å². The van der Waals surface area contributed by atoms with E-state index in [4.69, 9.17) is 5.73 Å². The van der Waals surface area contributed by atoms with E-state index in [-0.39, 0.29) is 29.2 Å². The molecular formula is C22H24N2O7. The minimum Gasteiger partial charge on any atom is -0.510 e. The lowest BCUT2D eigenvalue weighted by atomic mass is 9.56. The Kier molecular flexibility index (Phi) is 4.53. The van der Waals surface area contributed by atoms with Gasteiger partial charge < -0.3 is 26.2 Å². The van der Waals surface area contributed by atoms with Gasteiger partial charge in [0.05, 0.1) is 11.6 Å². The predicted octanol–water partition coefficient (Wildman–Crippen LogP) is 0.682. The molecule has 0 aromatic heterocycles. The van der Waals surface area contributed by atoms with Crippen molar-refractivity contribution in [2.75, 3.05) is 14.1 Å². The first-order valence-corrected chi connectivity index (χ1v) is 9.91. The molecule has 164 valence electrons. The van der Waals surface area contributed by atoms with Crippen LogP contribution in [0.5, 0.6) is 5.75 Å². The Morgan fingerprint density at radius 3 is 2.42 bits per heavy atom. The Labute approximate surface area is 178 Å². The van der Waals surface area contributed by atoms with Gasteiger partial charge in [-0.1, -0.05) is 19.1 Å². The van der Waals surface area contributed by atoms with Gasteiger partial charge in [-0.25, -0.2) is 0 Å². The van der Waals surface area contributed by atoms with Gasteiger partial charge in [-0.05, 0) is 44.0 Å². The zero-order valence-electron chi connectivity index (χ0n) is 17.3. The molecule has 3 aliphatic carbocycles. The van der Waals surface area contributed by atoms with Crippen LogP contribution in [0.4, 0.5) is 0 Å². The first-order chi connectivity index (χ1) is 14.4. The number of aromatic hydroxyl groups is 1. The Morgan fingerprint density at radius 2 is 1.84 bits per heavy atom. The van der Waals surface area contributed by atoms with Crippen LogP contribution in [0.25, 0.3) is 0 Å². The fourth-order valence-electron chi connectivity index (χ4n) is 5.51. The Bertz CT molecular complexity index is 1100. The number of hydrogen-bond donors (Lipinski definition) is 5. The summed E-state index contributed by atoms with van der Waals surface area (Å²) < 4.78 is 0. The van der Waals surface area contributed by atoms with Crippen LogP contribution < -0.4 is 5.73 Å². The van der Waals surface area contributed by atoms with Gasteiger partial charge >= 0.3 is 0 Å². The first-order valence-electron chi connectivity index (χ1n) is 9.91. The van der Waals surface area contributed by atoms with E-state index < -0.39 is 58.0 Å². The molecule has 31 heavy (non-hydrogen) atoms. The number of ketones is 2. The van der Waals surface area contributed by atoms with Gasteiger partial charge in [0, 0.05) is 11.5 Å². The number of nitrogens with zero attached hydrogens (tertiary/aromatic N) is 1. The van der Waals surface area contributed by atoms with E-state index in [0.29, 0.717) is 5.56 Å². The van der Waals surface area contributed by atoms with Gasteiger partial charge in [0.25, 0.3) is 5.91 Å². The summed E-state index contributed by atoms with van der Waals surface area (Å²) in [5.74, 6) is -6.81. The van der Waals surface area contributed by atoms with Crippen LogP contribution in [0, 0.1) is 11.8 Å². The van der Waals surface area contributed by atoms with E-state index in [1.807, 2.05) is 6.92 Å². The maximum absolute atomic E-state index is 13.3. The van der Waals surface area contributed by atoms with Crippen LogP contribution in [-0.2, 0) is 9.59 Å². The second-order valence-corrected chi connectivity index (χ2v) is 8.70. The lowest BCUT2D eigenvalue weighted by molar-refractivity contribution is -0.148. The molecule has 9 nitrogen and oxygen atoms in total. The van der Waals surface area contributed by atoms with Crippen molar-refractivity contribution in [1.29, 1.82) is 0 Å². The molecule has 3 aliphatic rings. The van der Waals surface area contributed by atoms with Crippen molar-refractivity contribution in [1.82, 2.24) is 4.90 Å². The van der Waals surface area contributed by atoms with Crippen LogP contribution in [0.1, 0.15) is 35.2 Å². The monoisotopic (exact) mass is 428 g/mol. The van der Waals surface area contributed by atoms with Crippen LogP contribution in [0.3, 0.4) is 0 Å². The molecule has 0 heterocycles. The summed E-state index contributed by atoms with van der Waals surface area (Å²) in [7, 11) is 3.18. The number of phenols is 1. The molecule has 6 N–H and O–H groups in total. The highest BCUT2D eigenvalue weighted by molar-refractivity contribution is 6.24. The lowest BCUT2D eigenvalue weighted by Crippen LogP contribution is -2.64. The highest BCUT2D eigenvalue weighted by Gasteiger charge is 2.63. The zero-order valence-corrected chi connectivity index (χ0v) is 17.3. The molecular weight excluding hydrogens is 404 g/mol. The molecule has 0 aliphatic heterocycles. The number of Topliss-reactive ketones (excluding diaryl/α,β-unsaturated/α-hetero) is 2. The average Bonchev–Trinajstić information content (AvgIpc) is 2.68. The largest absolute Gasteiger partial charge is 0.510 e. The summed E-state index contributed by atoms with van der Waals surface area (Å²) in [6, 6.07) is 3.68. The number of rotatable bonds is 2. The molecule has 0 radical (unpaired) electrons. The second-order valence-electron chi connectivity index (χ2n) is 8.70. The minimum atomic E-state index is -2.62. The number of likely N-dealkylation sites (N-methyl/N-ethyl adjacent to an activating group) is 1. The number of phenolic OH excluding ortho intramolecular Hbond substituents is 1. The summed E-state index contributed by atoms with van der Waals surface area (Å²) in [6.07, 6.45) is 0.0720. The van der Waals surface area contributed by atoms with E-state index in [1.165, 1.54) is 11.0 Å². The van der Waals surface area contributed by atoms with Gasteiger partial charge in [0.15, 0.2) is 11.4 Å². The molecule has 0 saturated heterocycles. The second kappa shape index (κ2) is 6.66. The number of benzene rings is 1. The zero-order chi connectivity index (χ0) is 23.0. The van der Waals surface area contributed by atoms with Gasteiger partial charge in [-0.15, -0.1) is 0 Å². The Balaban J connectivity index is 2.01. The smallest absolute Gasteiger partial charge is 0.255 e. The van der Waals surface area contributed by atoms with Crippen molar-refractivity contribution < 1.29 is 34.8 Å². The molecule has 0 fully saturated rings. The number of primary amides is 1. The number of aliphatic hydroxyl groups is 3. The summed E-state index contributed by atoms with van der Waals surface area (Å²) in [6.45, 7) is 1.83. The first kappa shape index (κ1) is 21.1. The predicted molar refractivity (Wildman–Crippen MR) is 108 cm³/mol. The number of amides is 1. The third-order valence-electron chi connectivity index (χ3n) is 6.97. The summed E-state index contributed by atoms with van der Waals surface area (Å²) >= 11 is 0. The number of allylic oxidation sites excluding steroid dienone is 1. The highest BCUT2D eigenvalue weighted by atomic mass is 16.3. The standard InChI is InChI=1S/C22H24N2O7/c1-8-9-5-4-6-12(25)13(9)17(26)14-10(8)7-11-16(24(2)3)18(27)15(21(23)30)20(29)22(11,31)19(14)28/h4-6,8,10-11,16,25,27-28,31H,7H2,1-3H3,(H2,23,30)/t8-,10+,11?,16-,22-/m0/s1. The number of fused-ring (bicyclic) bond motifs is 3. The van der Waals surface area contributed by atoms with Gasteiger partial charge in [-0.2, -0.15) is 0 Å². The molecule has 0 bridgehead atoms. The van der Waals surface area contributed by atoms with Gasteiger partial charge in [0.1, 0.15) is 22.8 Å². The number of nitrogens with two attached hydrogens (primary N) is 1. The Morgan fingerprint density at radius 1 is 1.19 bits per heavy atom. The van der Waals surface area contributed by atoms with Crippen LogP contribution >= 0.6 is 0 Å². The van der Waals surface area contributed by atoms with Crippen molar-refractivity contribution in [3.63, 3.8) is 0 Å². The normalized spacial score (nSPS) is 32.7. The van der Waals surface area contributed by atoms with E-state index >= 15 is 0 Å². The molecule has 1 unspecified atom stereocenters. The molecule has 1 amide bonds. The molecule has 5 atom stereocenters. The van der Waals surface area contributed by atoms with Crippen molar-refractivity contribution >= 4 is 17.5 Å². The average molecular weight is 428 g/mol. The van der Waals surface area contributed by atoms with E-state index in [2.05, 4.69) is 0 Å². The molecule has 9 heteroatoms. The fourth-order valence-corrected chi connectivity index (χ4v) is 5.51. The SMILES string of the molecule is C[C@H]1c2cccc(O)c2C(=O)C2=C(O)[C@]3(O)C(=O)C(C(N)=O)=C(O)[C@@H](N(C)C)C3C[C@@H]21. The van der Waals surface area contributed by atoms with Crippen molar-refractivity contribution in [3.05, 3.63) is 52.0 Å². The molecule has 1 aromatic carbocycles. The number of carbonyl (C=O) groups is 3. The summed E-state index contributed by atoms with van der Waals surface area (Å²) in [5.41, 5.74) is 2.31. The molecule has 1 aromatic rings. The lowest BCUT2D eigenvalue weighted by Gasteiger charge is -2.51. The fraction of sp³-hybridized carbons (Fsp3) is 0.409. The molecule has 0 spiro atoms. The third kappa shape index (κ3) is 2.53. The van der Waals surface area contributed by atoms with E-state index in [1.54, 1.807) is 26.2 Å². The number of hydrogen-bond acceptors (Lipinski definition) is 8. The van der Waals surface area contributed by atoms with Crippen molar-refractivity contribution in [3.8, 4) is 5.75 Å². The number of aliphatic hydroxyl groups excluding tert-OH is 2. The van der Waals surface area contributed by atoms with Crippen LogP contribution in [-0.4, -0.2) is 68.5 Å². The number of carbonyl (C=O) groups excluding carboxylic acids is 3. The van der Waals surface area contributed by atoms with Crippen molar-refractivity contribution in [2.24, 2.45) is 17.6 Å². The minimum absolute atomic E-state index is 0.00998. The quantitative estimate of drug-likeness (QED) is 0.430. The maximum Gasteiger partial charge on any atom is 0.255 e. The van der Waals surface area contributed by atoms with E-state index in [0.717, 1.165) is 0 Å².